The Morgan fingerprint density at radius 2 is 2.31 bits per heavy atom. The number of hydrogen-bond donors (Lipinski definition) is 0. The Balaban J connectivity index is 2.22. The molecule has 4 heteroatoms. The monoisotopic (exact) mass is 224 g/mol. The number of hydrogen-bond acceptors (Lipinski definition) is 3. The van der Waals surface area contributed by atoms with Gasteiger partial charge in [-0.05, 0) is 26.2 Å². The van der Waals surface area contributed by atoms with Crippen LogP contribution in [0.3, 0.4) is 0 Å². The molecule has 1 aliphatic rings. The molecule has 0 N–H and O–H groups in total. The lowest BCUT2D eigenvalue weighted by atomic mass is 10.2. The summed E-state index contributed by atoms with van der Waals surface area (Å²) in [6.45, 7) is 3.90. The minimum absolute atomic E-state index is 0.178. The van der Waals surface area contributed by atoms with Gasteiger partial charge in [0.2, 0.25) is 5.91 Å². The molecule has 0 aromatic heterocycles. The molecule has 0 spiro atoms. The van der Waals surface area contributed by atoms with Gasteiger partial charge in [-0.2, -0.15) is 5.26 Å². The molecule has 1 saturated carbocycles. The average molecular weight is 224 g/mol. The summed E-state index contributed by atoms with van der Waals surface area (Å²) in [4.78, 5) is 13.7. The molecule has 0 unspecified atom stereocenters. The number of rotatable bonds is 8. The van der Waals surface area contributed by atoms with Crippen molar-refractivity contribution in [2.24, 2.45) is 0 Å². The summed E-state index contributed by atoms with van der Waals surface area (Å²) in [6.07, 6.45) is 3.96. The van der Waals surface area contributed by atoms with Crippen molar-refractivity contribution in [2.45, 2.75) is 45.1 Å². The lowest BCUT2D eigenvalue weighted by Crippen LogP contribution is -2.33. The van der Waals surface area contributed by atoms with E-state index in [2.05, 4.69) is 6.07 Å². The normalized spacial score (nSPS) is 14.5. The van der Waals surface area contributed by atoms with E-state index in [1.807, 2.05) is 11.8 Å². The van der Waals surface area contributed by atoms with Crippen LogP contribution >= 0.6 is 0 Å². The summed E-state index contributed by atoms with van der Waals surface area (Å²) >= 11 is 0. The summed E-state index contributed by atoms with van der Waals surface area (Å²) in [6, 6.07) is 2.50. The summed E-state index contributed by atoms with van der Waals surface area (Å²) in [5, 5.41) is 8.54. The largest absolute Gasteiger partial charge is 0.382 e. The molecule has 16 heavy (non-hydrogen) atoms. The summed E-state index contributed by atoms with van der Waals surface area (Å²) in [5.41, 5.74) is 0. The van der Waals surface area contributed by atoms with Gasteiger partial charge in [0.25, 0.3) is 0 Å². The van der Waals surface area contributed by atoms with Gasteiger partial charge in [-0.1, -0.05) is 0 Å². The molecule has 0 radical (unpaired) electrons. The first-order valence-electron chi connectivity index (χ1n) is 6.03. The third kappa shape index (κ3) is 4.63. The second kappa shape index (κ2) is 7.24. The standard InChI is InChI=1S/C12H20N2O2/c1-2-16-10-3-5-12(15)14(9-4-8-13)11-6-7-11/h11H,2-7,9-10H2,1H3. The predicted molar refractivity (Wildman–Crippen MR) is 60.7 cm³/mol. The molecule has 0 heterocycles. The van der Waals surface area contributed by atoms with Gasteiger partial charge >= 0.3 is 0 Å². The molecule has 4 nitrogen and oxygen atoms in total. The SMILES string of the molecule is CCOCCCC(=O)N(CCC#N)C1CC1. The van der Waals surface area contributed by atoms with Gasteiger partial charge in [0.05, 0.1) is 12.5 Å². The molecular formula is C12H20N2O2. The highest BCUT2D eigenvalue weighted by Gasteiger charge is 2.31. The van der Waals surface area contributed by atoms with E-state index in [0.29, 0.717) is 38.6 Å². The zero-order valence-electron chi connectivity index (χ0n) is 9.95. The van der Waals surface area contributed by atoms with Crippen molar-refractivity contribution in [2.75, 3.05) is 19.8 Å². The fraction of sp³-hybridized carbons (Fsp3) is 0.833. The second-order valence-electron chi connectivity index (χ2n) is 4.03. The molecule has 0 atom stereocenters. The number of ether oxygens (including phenoxy) is 1. The van der Waals surface area contributed by atoms with Crippen molar-refractivity contribution >= 4 is 5.91 Å². The third-order valence-corrected chi connectivity index (χ3v) is 2.66. The molecule has 0 bridgehead atoms. The van der Waals surface area contributed by atoms with Crippen molar-refractivity contribution in [3.8, 4) is 6.07 Å². The summed E-state index contributed by atoms with van der Waals surface area (Å²) in [5.74, 6) is 0.178. The van der Waals surface area contributed by atoms with E-state index in [-0.39, 0.29) is 5.91 Å². The molecule has 0 aromatic carbocycles. The van der Waals surface area contributed by atoms with E-state index >= 15 is 0 Å². The maximum absolute atomic E-state index is 11.9. The van der Waals surface area contributed by atoms with E-state index in [4.69, 9.17) is 10.00 Å². The molecule has 0 saturated heterocycles. The number of amides is 1. The Labute approximate surface area is 97.2 Å². The maximum Gasteiger partial charge on any atom is 0.222 e. The first-order chi connectivity index (χ1) is 7.79. The van der Waals surface area contributed by atoms with Crippen LogP contribution in [0.4, 0.5) is 0 Å². The molecule has 90 valence electrons. The highest BCUT2D eigenvalue weighted by atomic mass is 16.5. The fourth-order valence-corrected chi connectivity index (χ4v) is 1.68. The number of carbonyl (C=O) groups is 1. The van der Waals surface area contributed by atoms with E-state index in [1.165, 1.54) is 0 Å². The summed E-state index contributed by atoms with van der Waals surface area (Å²) in [7, 11) is 0. The van der Waals surface area contributed by atoms with Crippen LogP contribution in [0.5, 0.6) is 0 Å². The van der Waals surface area contributed by atoms with Gasteiger partial charge in [0, 0.05) is 32.2 Å². The number of nitrogens with zero attached hydrogens (tertiary/aromatic N) is 2. The van der Waals surface area contributed by atoms with Crippen molar-refractivity contribution in [1.29, 1.82) is 5.26 Å². The molecule has 0 aromatic rings. The van der Waals surface area contributed by atoms with Gasteiger partial charge in [0.15, 0.2) is 0 Å². The van der Waals surface area contributed by atoms with Gasteiger partial charge in [-0.15, -0.1) is 0 Å². The Morgan fingerprint density at radius 3 is 2.88 bits per heavy atom. The quantitative estimate of drug-likeness (QED) is 0.590. The van der Waals surface area contributed by atoms with Gasteiger partial charge in [0.1, 0.15) is 0 Å². The Morgan fingerprint density at radius 1 is 1.56 bits per heavy atom. The fourth-order valence-electron chi connectivity index (χ4n) is 1.68. The van der Waals surface area contributed by atoms with Crippen LogP contribution in [0.25, 0.3) is 0 Å². The molecule has 1 aliphatic carbocycles. The first kappa shape index (κ1) is 13.0. The van der Waals surface area contributed by atoms with Crippen LogP contribution in [-0.2, 0) is 9.53 Å². The van der Waals surface area contributed by atoms with Crippen LogP contribution < -0.4 is 0 Å². The van der Waals surface area contributed by atoms with Crippen molar-refractivity contribution in [3.05, 3.63) is 0 Å². The predicted octanol–water partition coefficient (Wildman–Crippen LogP) is 1.71. The van der Waals surface area contributed by atoms with E-state index in [0.717, 1.165) is 19.3 Å². The molecular weight excluding hydrogens is 204 g/mol. The van der Waals surface area contributed by atoms with Gasteiger partial charge in [-0.25, -0.2) is 0 Å². The minimum Gasteiger partial charge on any atom is -0.382 e. The molecule has 0 aliphatic heterocycles. The highest BCUT2D eigenvalue weighted by Crippen LogP contribution is 2.27. The van der Waals surface area contributed by atoms with Crippen LogP contribution in [-0.4, -0.2) is 36.6 Å². The maximum atomic E-state index is 11.9. The highest BCUT2D eigenvalue weighted by molar-refractivity contribution is 5.76. The minimum atomic E-state index is 0.178. The van der Waals surface area contributed by atoms with Crippen LogP contribution in [0, 0.1) is 11.3 Å². The van der Waals surface area contributed by atoms with Crippen LogP contribution in [0.2, 0.25) is 0 Å². The first-order valence-corrected chi connectivity index (χ1v) is 6.03. The second-order valence-corrected chi connectivity index (χ2v) is 4.03. The van der Waals surface area contributed by atoms with Gasteiger partial charge in [-0.3, -0.25) is 4.79 Å². The number of carbonyl (C=O) groups excluding carboxylic acids is 1. The Bertz CT molecular complexity index is 256. The molecule has 1 rings (SSSR count). The smallest absolute Gasteiger partial charge is 0.222 e. The third-order valence-electron chi connectivity index (χ3n) is 2.66. The Kier molecular flexibility index (Phi) is 5.87. The lowest BCUT2D eigenvalue weighted by molar-refractivity contribution is -0.132. The van der Waals surface area contributed by atoms with E-state index < -0.39 is 0 Å². The molecule has 1 amide bonds. The van der Waals surface area contributed by atoms with Crippen LogP contribution in [0.15, 0.2) is 0 Å². The zero-order chi connectivity index (χ0) is 11.8. The van der Waals surface area contributed by atoms with Crippen molar-refractivity contribution in [3.63, 3.8) is 0 Å². The molecule has 1 fully saturated rings. The average Bonchev–Trinajstić information content (AvgIpc) is 3.09. The van der Waals surface area contributed by atoms with E-state index in [1.54, 1.807) is 0 Å². The van der Waals surface area contributed by atoms with Crippen molar-refractivity contribution < 1.29 is 9.53 Å². The number of nitriles is 1. The summed E-state index contributed by atoms with van der Waals surface area (Å²) < 4.78 is 5.20. The van der Waals surface area contributed by atoms with Crippen LogP contribution in [0.1, 0.15) is 39.0 Å². The lowest BCUT2D eigenvalue weighted by Gasteiger charge is -2.21. The Hall–Kier alpha value is -1.08. The zero-order valence-corrected chi connectivity index (χ0v) is 9.95. The van der Waals surface area contributed by atoms with Crippen molar-refractivity contribution in [1.82, 2.24) is 4.90 Å². The topological polar surface area (TPSA) is 53.3 Å². The van der Waals surface area contributed by atoms with E-state index in [9.17, 15) is 4.79 Å². The van der Waals surface area contributed by atoms with Gasteiger partial charge < -0.3 is 9.64 Å².